The standard InChI is InChI=1S/C22H26O4/c23-20(24)14-8-3-9-16-22(17-15-21(25)26,18-10-4-1-5-11-18)19-12-6-2-7-13-19/h1-2,4-7,10-13H,3,8-9,14-17H2,(H,23,24)(H,25,26). The molecule has 4 heteroatoms. The van der Waals surface area contributed by atoms with Gasteiger partial charge in [-0.2, -0.15) is 0 Å². The van der Waals surface area contributed by atoms with E-state index in [1.165, 1.54) is 0 Å². The van der Waals surface area contributed by atoms with Crippen LogP contribution < -0.4 is 0 Å². The molecule has 2 rings (SSSR count). The largest absolute Gasteiger partial charge is 0.481 e. The van der Waals surface area contributed by atoms with E-state index in [4.69, 9.17) is 5.11 Å². The summed E-state index contributed by atoms with van der Waals surface area (Å²) in [4.78, 5) is 22.0. The van der Waals surface area contributed by atoms with Gasteiger partial charge in [-0.3, -0.25) is 9.59 Å². The van der Waals surface area contributed by atoms with Gasteiger partial charge in [0.25, 0.3) is 0 Å². The van der Waals surface area contributed by atoms with Crippen molar-refractivity contribution in [3.05, 3.63) is 71.8 Å². The average molecular weight is 354 g/mol. The predicted octanol–water partition coefficient (Wildman–Crippen LogP) is 4.87. The molecular weight excluding hydrogens is 328 g/mol. The highest BCUT2D eigenvalue weighted by Crippen LogP contribution is 2.41. The first-order valence-electron chi connectivity index (χ1n) is 9.09. The molecule has 26 heavy (non-hydrogen) atoms. The lowest BCUT2D eigenvalue weighted by Gasteiger charge is -2.35. The Balaban J connectivity index is 2.30. The fourth-order valence-corrected chi connectivity index (χ4v) is 3.58. The molecule has 0 saturated heterocycles. The Labute approximate surface area is 154 Å². The van der Waals surface area contributed by atoms with E-state index in [1.54, 1.807) is 0 Å². The van der Waals surface area contributed by atoms with Crippen molar-refractivity contribution in [1.29, 1.82) is 0 Å². The first kappa shape index (κ1) is 19.7. The van der Waals surface area contributed by atoms with Gasteiger partial charge in [-0.05, 0) is 30.4 Å². The molecule has 0 aromatic heterocycles. The lowest BCUT2D eigenvalue weighted by molar-refractivity contribution is -0.138. The number of carbonyl (C=O) groups is 2. The predicted molar refractivity (Wildman–Crippen MR) is 101 cm³/mol. The zero-order valence-electron chi connectivity index (χ0n) is 14.9. The third-order valence-electron chi connectivity index (χ3n) is 4.91. The van der Waals surface area contributed by atoms with Crippen molar-refractivity contribution >= 4 is 11.9 Å². The topological polar surface area (TPSA) is 74.6 Å². The van der Waals surface area contributed by atoms with Crippen LogP contribution in [-0.4, -0.2) is 22.2 Å². The molecule has 0 aliphatic carbocycles. The molecule has 2 aromatic carbocycles. The van der Waals surface area contributed by atoms with Crippen molar-refractivity contribution in [3.63, 3.8) is 0 Å². The van der Waals surface area contributed by atoms with Crippen molar-refractivity contribution in [1.82, 2.24) is 0 Å². The number of carboxylic acid groups (broad SMARTS) is 2. The second kappa shape index (κ2) is 9.76. The van der Waals surface area contributed by atoms with E-state index in [9.17, 15) is 14.7 Å². The Bertz CT molecular complexity index is 655. The lowest BCUT2D eigenvalue weighted by Crippen LogP contribution is -2.29. The molecule has 0 fully saturated rings. The molecule has 2 N–H and O–H groups in total. The zero-order chi connectivity index (χ0) is 18.8. The molecule has 0 bridgehead atoms. The van der Waals surface area contributed by atoms with Gasteiger partial charge in [0.2, 0.25) is 0 Å². The van der Waals surface area contributed by atoms with Gasteiger partial charge < -0.3 is 10.2 Å². The van der Waals surface area contributed by atoms with Crippen LogP contribution in [0.25, 0.3) is 0 Å². The second-order valence-electron chi connectivity index (χ2n) is 6.66. The van der Waals surface area contributed by atoms with E-state index in [1.807, 2.05) is 36.4 Å². The minimum Gasteiger partial charge on any atom is -0.481 e. The minimum absolute atomic E-state index is 0.0961. The normalized spacial score (nSPS) is 11.2. The summed E-state index contributed by atoms with van der Waals surface area (Å²) in [6.45, 7) is 0. The summed E-state index contributed by atoms with van der Waals surface area (Å²) in [6.07, 6.45) is 3.92. The zero-order valence-corrected chi connectivity index (χ0v) is 14.9. The summed E-state index contributed by atoms with van der Waals surface area (Å²) in [5.74, 6) is -1.57. The molecule has 0 aliphatic heterocycles. The summed E-state index contributed by atoms with van der Waals surface area (Å²) in [5, 5.41) is 18.1. The van der Waals surface area contributed by atoms with Gasteiger partial charge >= 0.3 is 11.9 Å². The van der Waals surface area contributed by atoms with Crippen molar-refractivity contribution in [2.75, 3.05) is 0 Å². The minimum atomic E-state index is -0.799. The summed E-state index contributed by atoms with van der Waals surface area (Å²) in [7, 11) is 0. The van der Waals surface area contributed by atoms with Gasteiger partial charge in [-0.15, -0.1) is 0 Å². The maximum atomic E-state index is 11.3. The Morgan fingerprint density at radius 2 is 1.15 bits per heavy atom. The molecule has 0 unspecified atom stereocenters. The number of hydrogen-bond donors (Lipinski definition) is 2. The maximum absolute atomic E-state index is 11.3. The van der Waals surface area contributed by atoms with E-state index >= 15 is 0 Å². The average Bonchev–Trinajstić information content (AvgIpc) is 2.65. The van der Waals surface area contributed by atoms with Gasteiger partial charge in [0.05, 0.1) is 0 Å². The molecule has 0 amide bonds. The summed E-state index contributed by atoms with van der Waals surface area (Å²) in [6, 6.07) is 20.1. The second-order valence-corrected chi connectivity index (χ2v) is 6.66. The monoisotopic (exact) mass is 354 g/mol. The van der Waals surface area contributed by atoms with E-state index in [-0.39, 0.29) is 18.3 Å². The lowest BCUT2D eigenvalue weighted by atomic mass is 9.68. The van der Waals surface area contributed by atoms with Crippen LogP contribution >= 0.6 is 0 Å². The van der Waals surface area contributed by atoms with Crippen molar-refractivity contribution in [3.8, 4) is 0 Å². The van der Waals surface area contributed by atoms with Gasteiger partial charge in [0, 0.05) is 18.3 Å². The summed E-state index contributed by atoms with van der Waals surface area (Å²) >= 11 is 0. The van der Waals surface area contributed by atoms with Gasteiger partial charge in [-0.1, -0.05) is 73.5 Å². The molecule has 0 atom stereocenters. The third-order valence-corrected chi connectivity index (χ3v) is 4.91. The Morgan fingerprint density at radius 1 is 0.654 bits per heavy atom. The van der Waals surface area contributed by atoms with Crippen LogP contribution in [0.4, 0.5) is 0 Å². The highest BCUT2D eigenvalue weighted by molar-refractivity contribution is 5.67. The fraction of sp³-hybridized carbons (Fsp3) is 0.364. The van der Waals surface area contributed by atoms with Gasteiger partial charge in [-0.25, -0.2) is 0 Å². The quantitative estimate of drug-likeness (QED) is 0.564. The number of aliphatic carboxylic acids is 2. The van der Waals surface area contributed by atoms with Crippen molar-refractivity contribution < 1.29 is 19.8 Å². The molecule has 138 valence electrons. The van der Waals surface area contributed by atoms with E-state index in [0.717, 1.165) is 30.4 Å². The Hall–Kier alpha value is -2.62. The molecule has 0 heterocycles. The van der Waals surface area contributed by atoms with Gasteiger partial charge in [0.15, 0.2) is 0 Å². The number of unbranched alkanes of at least 4 members (excludes halogenated alkanes) is 2. The Kier molecular flexibility index (Phi) is 7.39. The fourth-order valence-electron chi connectivity index (χ4n) is 3.58. The Morgan fingerprint density at radius 3 is 1.62 bits per heavy atom. The van der Waals surface area contributed by atoms with E-state index in [0.29, 0.717) is 12.8 Å². The van der Waals surface area contributed by atoms with Crippen LogP contribution in [0.15, 0.2) is 60.7 Å². The van der Waals surface area contributed by atoms with Crippen LogP contribution in [0.3, 0.4) is 0 Å². The van der Waals surface area contributed by atoms with Crippen LogP contribution in [0, 0.1) is 0 Å². The first-order valence-corrected chi connectivity index (χ1v) is 9.09. The van der Waals surface area contributed by atoms with Crippen LogP contribution in [0.1, 0.15) is 56.1 Å². The smallest absolute Gasteiger partial charge is 0.303 e. The highest BCUT2D eigenvalue weighted by Gasteiger charge is 2.34. The van der Waals surface area contributed by atoms with Crippen molar-refractivity contribution in [2.24, 2.45) is 0 Å². The molecule has 0 radical (unpaired) electrons. The van der Waals surface area contributed by atoms with Crippen molar-refractivity contribution in [2.45, 2.75) is 50.4 Å². The molecule has 0 spiro atoms. The third kappa shape index (κ3) is 5.45. The molecule has 2 aromatic rings. The van der Waals surface area contributed by atoms with E-state index < -0.39 is 11.9 Å². The maximum Gasteiger partial charge on any atom is 0.303 e. The first-order chi connectivity index (χ1) is 12.5. The highest BCUT2D eigenvalue weighted by atomic mass is 16.4. The molecular formula is C22H26O4. The number of hydrogen-bond acceptors (Lipinski definition) is 2. The van der Waals surface area contributed by atoms with Crippen LogP contribution in [-0.2, 0) is 15.0 Å². The number of benzene rings is 2. The van der Waals surface area contributed by atoms with Gasteiger partial charge in [0.1, 0.15) is 0 Å². The summed E-state index contributed by atoms with van der Waals surface area (Å²) in [5.41, 5.74) is 1.86. The molecule has 0 saturated carbocycles. The SMILES string of the molecule is O=C(O)CCCCCC(CCC(=O)O)(c1ccccc1)c1ccccc1. The number of rotatable bonds is 11. The van der Waals surface area contributed by atoms with Crippen LogP contribution in [0.5, 0.6) is 0 Å². The number of carboxylic acids is 2. The van der Waals surface area contributed by atoms with Crippen LogP contribution in [0.2, 0.25) is 0 Å². The van der Waals surface area contributed by atoms with E-state index in [2.05, 4.69) is 24.3 Å². The molecule has 0 aliphatic rings. The molecule has 4 nitrogen and oxygen atoms in total. The summed E-state index contributed by atoms with van der Waals surface area (Å²) < 4.78 is 0.